The first-order chi connectivity index (χ1) is 13.0. The zero-order valence-corrected chi connectivity index (χ0v) is 16.3. The molecule has 0 saturated carbocycles. The van der Waals surface area contributed by atoms with Crippen molar-refractivity contribution < 1.29 is 19.1 Å². The topological polar surface area (TPSA) is 55.8 Å². The molecular weight excluding hydrogens is 362 g/mol. The summed E-state index contributed by atoms with van der Waals surface area (Å²) in [6.45, 7) is 5.17. The molecule has 0 aliphatic carbocycles. The number of likely N-dealkylation sites (tertiary alicyclic amines) is 1. The number of nitrogens with zero attached hydrogens (tertiary/aromatic N) is 1. The predicted octanol–water partition coefficient (Wildman–Crippen LogP) is 3.58. The summed E-state index contributed by atoms with van der Waals surface area (Å²) >= 11 is 1.61. The Balaban J connectivity index is 2.00. The van der Waals surface area contributed by atoms with Gasteiger partial charge in [-0.05, 0) is 29.0 Å². The van der Waals surface area contributed by atoms with Crippen molar-refractivity contribution in [3.05, 3.63) is 70.4 Å². The third-order valence-electron chi connectivity index (χ3n) is 5.11. The molecule has 1 atom stereocenters. The monoisotopic (exact) mass is 385 g/mol. The second-order valence-corrected chi connectivity index (χ2v) is 7.60. The molecule has 1 aliphatic rings. The van der Waals surface area contributed by atoms with E-state index in [1.165, 1.54) is 14.2 Å². The highest BCUT2D eigenvalue weighted by molar-refractivity contribution is 7.10. The lowest BCUT2D eigenvalue weighted by molar-refractivity contribution is -0.169. The third kappa shape index (κ3) is 3.55. The van der Waals surface area contributed by atoms with Gasteiger partial charge in [0.2, 0.25) is 0 Å². The summed E-state index contributed by atoms with van der Waals surface area (Å²) in [5.74, 6) is -1.22. The van der Waals surface area contributed by atoms with E-state index >= 15 is 0 Å². The van der Waals surface area contributed by atoms with Crippen LogP contribution in [0.2, 0.25) is 0 Å². The standard InChI is InChI=1S/C21H23NO4S/c1-15-13-22(14-16-8-5-4-6-9-16)17(18-10-7-11-27-18)12-21(15,19(23)25-2)20(24)26-3/h4-11,17H,1,12-14H2,2-3H3. The molecule has 0 N–H and O–H groups in total. The average molecular weight is 385 g/mol. The maximum absolute atomic E-state index is 12.7. The van der Waals surface area contributed by atoms with Crippen LogP contribution in [0.4, 0.5) is 0 Å². The number of hydrogen-bond donors (Lipinski definition) is 0. The molecule has 1 unspecified atom stereocenters. The Hall–Kier alpha value is -2.44. The molecule has 142 valence electrons. The molecule has 6 heteroatoms. The van der Waals surface area contributed by atoms with Gasteiger partial charge in [-0.1, -0.05) is 43.0 Å². The number of methoxy groups -OCH3 is 2. The summed E-state index contributed by atoms with van der Waals surface area (Å²) < 4.78 is 9.98. The molecule has 2 heterocycles. The number of benzene rings is 1. The molecule has 1 aromatic carbocycles. The fraction of sp³-hybridized carbons (Fsp3) is 0.333. The van der Waals surface area contributed by atoms with Gasteiger partial charge >= 0.3 is 11.9 Å². The van der Waals surface area contributed by atoms with Gasteiger partial charge in [0, 0.05) is 24.0 Å². The summed E-state index contributed by atoms with van der Waals surface area (Å²) in [6.07, 6.45) is 0.249. The predicted molar refractivity (Wildman–Crippen MR) is 104 cm³/mol. The fourth-order valence-electron chi connectivity index (χ4n) is 3.69. The molecule has 5 nitrogen and oxygen atoms in total. The molecular formula is C21H23NO4S. The van der Waals surface area contributed by atoms with Gasteiger partial charge in [-0.2, -0.15) is 0 Å². The van der Waals surface area contributed by atoms with Gasteiger partial charge in [0.25, 0.3) is 0 Å². The second-order valence-electron chi connectivity index (χ2n) is 6.62. The van der Waals surface area contributed by atoms with Crippen LogP contribution in [-0.4, -0.2) is 37.6 Å². The molecule has 0 spiro atoms. The molecule has 3 rings (SSSR count). The van der Waals surface area contributed by atoms with E-state index in [0.717, 1.165) is 10.4 Å². The van der Waals surface area contributed by atoms with Gasteiger partial charge in [-0.25, -0.2) is 0 Å². The molecule has 27 heavy (non-hydrogen) atoms. The van der Waals surface area contributed by atoms with E-state index in [0.29, 0.717) is 18.7 Å². The van der Waals surface area contributed by atoms with Crippen molar-refractivity contribution in [3.63, 3.8) is 0 Å². The quantitative estimate of drug-likeness (QED) is 0.447. The molecule has 1 fully saturated rings. The Morgan fingerprint density at radius 3 is 2.37 bits per heavy atom. The third-order valence-corrected chi connectivity index (χ3v) is 6.08. The average Bonchev–Trinajstić information content (AvgIpc) is 3.22. The van der Waals surface area contributed by atoms with Gasteiger partial charge in [0.15, 0.2) is 5.41 Å². The van der Waals surface area contributed by atoms with Crippen molar-refractivity contribution in [1.29, 1.82) is 0 Å². The highest BCUT2D eigenvalue weighted by Gasteiger charge is 2.56. The van der Waals surface area contributed by atoms with Crippen molar-refractivity contribution in [2.75, 3.05) is 20.8 Å². The number of ether oxygens (including phenoxy) is 2. The molecule has 0 amide bonds. The first kappa shape index (κ1) is 19.3. The van der Waals surface area contributed by atoms with Crippen LogP contribution in [0.3, 0.4) is 0 Å². The number of carbonyl (C=O) groups is 2. The number of piperidine rings is 1. The molecule has 0 bridgehead atoms. The van der Waals surface area contributed by atoms with E-state index in [9.17, 15) is 9.59 Å². The Kier molecular flexibility index (Phi) is 5.77. The zero-order valence-electron chi connectivity index (χ0n) is 15.5. The van der Waals surface area contributed by atoms with Crippen LogP contribution in [0.25, 0.3) is 0 Å². The van der Waals surface area contributed by atoms with E-state index in [2.05, 4.69) is 23.6 Å². The first-order valence-corrected chi connectivity index (χ1v) is 9.57. The number of thiophene rings is 1. The van der Waals surface area contributed by atoms with E-state index < -0.39 is 17.4 Å². The van der Waals surface area contributed by atoms with Gasteiger partial charge in [0.05, 0.1) is 14.2 Å². The van der Waals surface area contributed by atoms with E-state index in [1.54, 1.807) is 11.3 Å². The lowest BCUT2D eigenvalue weighted by Crippen LogP contribution is -2.52. The summed E-state index contributed by atoms with van der Waals surface area (Å²) in [6, 6.07) is 14.0. The Morgan fingerprint density at radius 1 is 1.15 bits per heavy atom. The van der Waals surface area contributed by atoms with Crippen LogP contribution in [0, 0.1) is 5.41 Å². The highest BCUT2D eigenvalue weighted by Crippen LogP contribution is 2.47. The smallest absolute Gasteiger partial charge is 0.327 e. The van der Waals surface area contributed by atoms with Crippen molar-refractivity contribution >= 4 is 23.3 Å². The lowest BCUT2D eigenvalue weighted by atomic mass is 9.71. The van der Waals surface area contributed by atoms with E-state index in [1.807, 2.05) is 35.7 Å². The van der Waals surface area contributed by atoms with Crippen molar-refractivity contribution in [2.45, 2.75) is 19.0 Å². The van der Waals surface area contributed by atoms with Crippen LogP contribution < -0.4 is 0 Å². The summed E-state index contributed by atoms with van der Waals surface area (Å²) in [5, 5.41) is 2.00. The van der Waals surface area contributed by atoms with Gasteiger partial charge in [-0.3, -0.25) is 14.5 Å². The Labute approximate surface area is 163 Å². The number of hydrogen-bond acceptors (Lipinski definition) is 6. The molecule has 1 aliphatic heterocycles. The van der Waals surface area contributed by atoms with Crippen LogP contribution in [0.5, 0.6) is 0 Å². The van der Waals surface area contributed by atoms with Gasteiger partial charge in [-0.15, -0.1) is 11.3 Å². The summed E-state index contributed by atoms with van der Waals surface area (Å²) in [7, 11) is 2.58. The first-order valence-electron chi connectivity index (χ1n) is 8.69. The minimum atomic E-state index is -1.48. The minimum Gasteiger partial charge on any atom is -0.468 e. The SMILES string of the molecule is C=C1CN(Cc2ccccc2)C(c2cccs2)CC1(C(=O)OC)C(=O)OC. The molecule has 1 saturated heterocycles. The minimum absolute atomic E-state index is 0.117. The fourth-order valence-corrected chi connectivity index (χ4v) is 4.55. The Morgan fingerprint density at radius 2 is 1.81 bits per heavy atom. The van der Waals surface area contributed by atoms with E-state index in [-0.39, 0.29) is 12.5 Å². The maximum atomic E-state index is 12.7. The number of carbonyl (C=O) groups excluding carboxylic acids is 2. The van der Waals surface area contributed by atoms with Crippen LogP contribution in [-0.2, 0) is 25.6 Å². The van der Waals surface area contributed by atoms with Crippen LogP contribution >= 0.6 is 11.3 Å². The molecule has 2 aromatic rings. The van der Waals surface area contributed by atoms with Gasteiger partial charge in [0.1, 0.15) is 0 Å². The molecule has 0 radical (unpaired) electrons. The highest BCUT2D eigenvalue weighted by atomic mass is 32.1. The van der Waals surface area contributed by atoms with Crippen molar-refractivity contribution in [3.8, 4) is 0 Å². The van der Waals surface area contributed by atoms with Gasteiger partial charge < -0.3 is 9.47 Å². The van der Waals surface area contributed by atoms with Crippen LogP contribution in [0.15, 0.2) is 60.0 Å². The summed E-state index contributed by atoms with van der Waals surface area (Å²) in [4.78, 5) is 28.7. The maximum Gasteiger partial charge on any atom is 0.327 e. The lowest BCUT2D eigenvalue weighted by Gasteiger charge is -2.44. The largest absolute Gasteiger partial charge is 0.468 e. The number of rotatable bonds is 5. The number of esters is 2. The molecule has 1 aromatic heterocycles. The second kappa shape index (κ2) is 8.06. The van der Waals surface area contributed by atoms with Crippen molar-refractivity contribution in [1.82, 2.24) is 4.90 Å². The van der Waals surface area contributed by atoms with Crippen LogP contribution in [0.1, 0.15) is 22.9 Å². The van der Waals surface area contributed by atoms with Crippen molar-refractivity contribution in [2.24, 2.45) is 5.41 Å². The van der Waals surface area contributed by atoms with E-state index in [4.69, 9.17) is 9.47 Å². The Bertz CT molecular complexity index is 800. The zero-order chi connectivity index (χ0) is 19.4. The summed E-state index contributed by atoms with van der Waals surface area (Å²) in [5.41, 5.74) is 0.186. The normalized spacial score (nSPS) is 19.5.